The van der Waals surface area contributed by atoms with E-state index in [1.54, 1.807) is 12.1 Å². The third-order valence-corrected chi connectivity index (χ3v) is 2.04. The Kier molecular flexibility index (Phi) is 4.58. The first-order chi connectivity index (χ1) is 7.67. The smallest absolute Gasteiger partial charge is 0.146 e. The summed E-state index contributed by atoms with van der Waals surface area (Å²) in [7, 11) is 0. The van der Waals surface area contributed by atoms with Crippen molar-refractivity contribution in [2.24, 2.45) is 0 Å². The molecule has 3 heteroatoms. The molecule has 0 spiro atoms. The van der Waals surface area contributed by atoms with E-state index < -0.39 is 0 Å². The SMILES string of the molecule is C/C=C\C(=C/CC)Nc1cc(N)ccc1F. The van der Waals surface area contributed by atoms with E-state index in [1.165, 1.54) is 6.07 Å². The summed E-state index contributed by atoms with van der Waals surface area (Å²) < 4.78 is 13.4. The van der Waals surface area contributed by atoms with Gasteiger partial charge in [0.25, 0.3) is 0 Å². The van der Waals surface area contributed by atoms with Gasteiger partial charge in [-0.05, 0) is 37.6 Å². The minimum Gasteiger partial charge on any atom is -0.399 e. The van der Waals surface area contributed by atoms with E-state index in [1.807, 2.05) is 32.1 Å². The molecule has 0 fully saturated rings. The average molecular weight is 220 g/mol. The Morgan fingerprint density at radius 1 is 1.50 bits per heavy atom. The van der Waals surface area contributed by atoms with Gasteiger partial charge in [-0.1, -0.05) is 19.1 Å². The molecule has 0 heterocycles. The van der Waals surface area contributed by atoms with Gasteiger partial charge in [0.2, 0.25) is 0 Å². The van der Waals surface area contributed by atoms with Crippen molar-refractivity contribution in [3.8, 4) is 0 Å². The highest BCUT2D eigenvalue weighted by Crippen LogP contribution is 2.19. The Morgan fingerprint density at radius 2 is 2.25 bits per heavy atom. The van der Waals surface area contributed by atoms with Crippen molar-refractivity contribution in [3.63, 3.8) is 0 Å². The summed E-state index contributed by atoms with van der Waals surface area (Å²) in [6, 6.07) is 4.48. The van der Waals surface area contributed by atoms with Crippen molar-refractivity contribution >= 4 is 11.4 Å². The molecule has 1 rings (SSSR count). The van der Waals surface area contributed by atoms with Crippen LogP contribution in [0, 0.1) is 5.82 Å². The Balaban J connectivity index is 2.93. The first-order valence-electron chi connectivity index (χ1n) is 5.32. The molecule has 1 aromatic rings. The van der Waals surface area contributed by atoms with E-state index >= 15 is 0 Å². The number of halogens is 1. The predicted octanol–water partition coefficient (Wildman–Crippen LogP) is 3.69. The molecular formula is C13H17FN2. The summed E-state index contributed by atoms with van der Waals surface area (Å²) in [5.41, 5.74) is 7.42. The topological polar surface area (TPSA) is 38.0 Å². The van der Waals surface area contributed by atoms with Crippen molar-refractivity contribution in [2.45, 2.75) is 20.3 Å². The molecule has 86 valence electrons. The van der Waals surface area contributed by atoms with Crippen molar-refractivity contribution < 1.29 is 4.39 Å². The van der Waals surface area contributed by atoms with Crippen LogP contribution in [-0.2, 0) is 0 Å². The number of nitrogens with two attached hydrogens (primary N) is 1. The molecule has 0 saturated heterocycles. The third-order valence-electron chi connectivity index (χ3n) is 2.04. The van der Waals surface area contributed by atoms with Gasteiger partial charge in [0.1, 0.15) is 5.82 Å². The monoisotopic (exact) mass is 220 g/mol. The summed E-state index contributed by atoms with van der Waals surface area (Å²) in [6.45, 7) is 3.95. The van der Waals surface area contributed by atoms with E-state index in [-0.39, 0.29) is 5.82 Å². The fourth-order valence-corrected chi connectivity index (χ4v) is 1.35. The first kappa shape index (κ1) is 12.3. The maximum absolute atomic E-state index is 13.4. The van der Waals surface area contributed by atoms with Gasteiger partial charge < -0.3 is 11.1 Å². The molecule has 0 amide bonds. The molecule has 2 nitrogen and oxygen atoms in total. The fraction of sp³-hybridized carbons (Fsp3) is 0.231. The van der Waals surface area contributed by atoms with Gasteiger partial charge in [0, 0.05) is 11.4 Å². The van der Waals surface area contributed by atoms with Crippen LogP contribution >= 0.6 is 0 Å². The van der Waals surface area contributed by atoms with Gasteiger partial charge in [-0.25, -0.2) is 4.39 Å². The van der Waals surface area contributed by atoms with E-state index in [0.29, 0.717) is 11.4 Å². The molecule has 3 N–H and O–H groups in total. The lowest BCUT2D eigenvalue weighted by Gasteiger charge is -2.09. The van der Waals surface area contributed by atoms with Gasteiger partial charge >= 0.3 is 0 Å². The van der Waals surface area contributed by atoms with Crippen LogP contribution in [0.4, 0.5) is 15.8 Å². The number of anilines is 2. The van der Waals surface area contributed by atoms with Crippen LogP contribution in [0.5, 0.6) is 0 Å². The number of nitrogens with one attached hydrogen (secondary N) is 1. The molecule has 0 radical (unpaired) electrons. The molecule has 0 unspecified atom stereocenters. The number of allylic oxidation sites excluding steroid dienone is 3. The normalized spacial score (nSPS) is 12.1. The van der Waals surface area contributed by atoms with Crippen LogP contribution < -0.4 is 11.1 Å². The summed E-state index contributed by atoms with van der Waals surface area (Å²) in [5.74, 6) is -0.305. The van der Waals surface area contributed by atoms with Crippen molar-refractivity contribution in [1.82, 2.24) is 0 Å². The standard InChI is InChI=1S/C13H17FN2/c1-3-5-11(6-4-2)16-13-9-10(15)7-8-12(13)14/h3,5-9,16H,4,15H2,1-2H3/b5-3-,11-6+. The van der Waals surface area contributed by atoms with E-state index in [9.17, 15) is 4.39 Å². The largest absolute Gasteiger partial charge is 0.399 e. The molecule has 0 aliphatic rings. The molecule has 0 aliphatic carbocycles. The summed E-state index contributed by atoms with van der Waals surface area (Å²) >= 11 is 0. The molecular weight excluding hydrogens is 203 g/mol. The Hall–Kier alpha value is -1.77. The van der Waals surface area contributed by atoms with Gasteiger partial charge in [0.05, 0.1) is 5.69 Å². The van der Waals surface area contributed by atoms with Gasteiger partial charge in [-0.2, -0.15) is 0 Å². The second-order valence-corrected chi connectivity index (χ2v) is 3.43. The Morgan fingerprint density at radius 3 is 2.88 bits per heavy atom. The van der Waals surface area contributed by atoms with E-state index in [2.05, 4.69) is 5.32 Å². The number of benzene rings is 1. The zero-order chi connectivity index (χ0) is 12.0. The molecule has 0 aromatic heterocycles. The summed E-state index contributed by atoms with van der Waals surface area (Å²) in [4.78, 5) is 0. The highest BCUT2D eigenvalue weighted by molar-refractivity contribution is 5.59. The summed E-state index contributed by atoms with van der Waals surface area (Å²) in [5, 5.41) is 3.01. The van der Waals surface area contributed by atoms with Gasteiger partial charge in [-0.15, -0.1) is 0 Å². The number of rotatable bonds is 4. The van der Waals surface area contributed by atoms with Crippen LogP contribution in [0.3, 0.4) is 0 Å². The quantitative estimate of drug-likeness (QED) is 0.600. The average Bonchev–Trinajstić information content (AvgIpc) is 2.24. The molecule has 16 heavy (non-hydrogen) atoms. The van der Waals surface area contributed by atoms with Crippen molar-refractivity contribution in [3.05, 3.63) is 47.9 Å². The second-order valence-electron chi connectivity index (χ2n) is 3.43. The lowest BCUT2D eigenvalue weighted by Crippen LogP contribution is -2.00. The molecule has 0 aliphatic heterocycles. The predicted molar refractivity (Wildman–Crippen MR) is 67.6 cm³/mol. The maximum Gasteiger partial charge on any atom is 0.146 e. The van der Waals surface area contributed by atoms with E-state index in [4.69, 9.17) is 5.73 Å². The number of hydrogen-bond acceptors (Lipinski definition) is 2. The number of hydrogen-bond donors (Lipinski definition) is 2. The van der Waals surface area contributed by atoms with Gasteiger partial charge in [-0.3, -0.25) is 0 Å². The molecule has 0 saturated carbocycles. The zero-order valence-electron chi connectivity index (χ0n) is 9.63. The third kappa shape index (κ3) is 3.42. The van der Waals surface area contributed by atoms with Crippen LogP contribution in [0.15, 0.2) is 42.1 Å². The maximum atomic E-state index is 13.4. The van der Waals surface area contributed by atoms with Crippen LogP contribution in [0.2, 0.25) is 0 Å². The minimum atomic E-state index is -0.305. The van der Waals surface area contributed by atoms with Crippen LogP contribution in [0.25, 0.3) is 0 Å². The van der Waals surface area contributed by atoms with Crippen molar-refractivity contribution in [2.75, 3.05) is 11.1 Å². The zero-order valence-corrected chi connectivity index (χ0v) is 9.63. The van der Waals surface area contributed by atoms with E-state index in [0.717, 1.165) is 12.1 Å². The first-order valence-corrected chi connectivity index (χ1v) is 5.32. The second kappa shape index (κ2) is 5.95. The van der Waals surface area contributed by atoms with Crippen LogP contribution in [-0.4, -0.2) is 0 Å². The lowest BCUT2D eigenvalue weighted by atomic mass is 10.2. The molecule has 0 atom stereocenters. The highest BCUT2D eigenvalue weighted by atomic mass is 19.1. The molecule has 1 aromatic carbocycles. The van der Waals surface area contributed by atoms with Crippen LogP contribution in [0.1, 0.15) is 20.3 Å². The van der Waals surface area contributed by atoms with Gasteiger partial charge in [0.15, 0.2) is 0 Å². The Bertz CT molecular complexity index is 408. The van der Waals surface area contributed by atoms with Crippen molar-refractivity contribution in [1.29, 1.82) is 0 Å². The highest BCUT2D eigenvalue weighted by Gasteiger charge is 2.02. The minimum absolute atomic E-state index is 0.305. The fourth-order valence-electron chi connectivity index (χ4n) is 1.35. The molecule has 0 bridgehead atoms. The summed E-state index contributed by atoms with van der Waals surface area (Å²) in [6.07, 6.45) is 6.67. The number of nitrogen functional groups attached to an aromatic ring is 1. The Labute approximate surface area is 95.7 Å². The lowest BCUT2D eigenvalue weighted by molar-refractivity contribution is 0.631.